The molecule has 1 N–H and O–H groups in total. The average molecular weight is 787 g/mol. The number of aliphatic hydroxyl groups excluding tert-OH is 1. The number of carbonyl (C=O) groups excluding carboxylic acids is 3. The van der Waals surface area contributed by atoms with Crippen molar-refractivity contribution >= 4 is 59.1 Å². The molecular weight excluding hydrogens is 745 g/mol. The van der Waals surface area contributed by atoms with Crippen LogP contribution in [0, 0.1) is 5.92 Å². The molecular formula is C40H41BrFN3O6Si. The van der Waals surface area contributed by atoms with Gasteiger partial charge in [-0.25, -0.2) is 0 Å². The SMILES string of the molecule is C[C@H]1[C@H]([Si](C)(C)F)[C@@H](CC(=O)N(CCO)Cc2ccccc2)O[C@]12C(=O)N(Cc1cccc(N3C(=O)COc4ccccc43)c1)c1ccc(Br)cc12. The molecule has 0 bridgehead atoms. The predicted molar refractivity (Wildman–Crippen MR) is 202 cm³/mol. The molecule has 4 aromatic rings. The van der Waals surface area contributed by atoms with Gasteiger partial charge in [-0.05, 0) is 66.7 Å². The highest BCUT2D eigenvalue weighted by Gasteiger charge is 2.67. The van der Waals surface area contributed by atoms with Gasteiger partial charge in [-0.2, -0.15) is 0 Å². The maximum Gasteiger partial charge on any atom is 0.269 e. The summed E-state index contributed by atoms with van der Waals surface area (Å²) in [4.78, 5) is 46.9. The van der Waals surface area contributed by atoms with E-state index < -0.39 is 31.6 Å². The number of aliphatic hydroxyl groups is 1. The second kappa shape index (κ2) is 14.2. The van der Waals surface area contributed by atoms with Gasteiger partial charge in [0.1, 0.15) is 5.75 Å². The Morgan fingerprint density at radius 1 is 0.981 bits per heavy atom. The van der Waals surface area contributed by atoms with Crippen LogP contribution in [-0.4, -0.2) is 62.0 Å². The fourth-order valence-electron chi connectivity index (χ4n) is 8.26. The number of hydrogen-bond donors (Lipinski definition) is 1. The average Bonchev–Trinajstić information content (AvgIpc) is 3.54. The predicted octanol–water partition coefficient (Wildman–Crippen LogP) is 7.24. The minimum atomic E-state index is -3.54. The van der Waals surface area contributed by atoms with Crippen molar-refractivity contribution < 1.29 is 33.1 Å². The second-order valence-corrected chi connectivity index (χ2v) is 18.9. The Morgan fingerprint density at radius 2 is 1.71 bits per heavy atom. The topological polar surface area (TPSA) is 99.6 Å². The standard InChI is InChI=1S/C40H41BrFN3O6Si/c1-26-38(52(2,3)42)35(22-36(47)43(18-19-46)23-27-10-5-4-6-11-27)51-40(26)31-21-29(41)16-17-32(31)44(39(40)49)24-28-12-9-13-30(20-28)45-33-14-7-8-15-34(33)50-25-37(45)48/h4-17,20-21,26,35,38,46H,18-19,22-25H2,1-3H3/t26-,35+,38-,40+/m0/s1. The molecule has 7 rings (SSSR count). The fraction of sp³-hybridized carbons (Fsp3) is 0.325. The molecule has 270 valence electrons. The lowest BCUT2D eigenvalue weighted by molar-refractivity contribution is -0.150. The number of para-hydroxylation sites is 2. The summed E-state index contributed by atoms with van der Waals surface area (Å²) in [6.07, 6.45) is -0.991. The summed E-state index contributed by atoms with van der Waals surface area (Å²) in [6, 6.07) is 29.9. The molecule has 9 nitrogen and oxygen atoms in total. The number of amides is 3. The van der Waals surface area contributed by atoms with Crippen LogP contribution < -0.4 is 14.5 Å². The maximum atomic E-state index is 16.5. The number of rotatable bonds is 10. The molecule has 0 unspecified atom stereocenters. The third kappa shape index (κ3) is 6.46. The van der Waals surface area contributed by atoms with Gasteiger partial charge >= 0.3 is 0 Å². The summed E-state index contributed by atoms with van der Waals surface area (Å²) in [5.41, 5.74) is 2.05. The summed E-state index contributed by atoms with van der Waals surface area (Å²) in [7, 11) is -3.54. The first-order valence-electron chi connectivity index (χ1n) is 17.5. The molecule has 0 saturated carbocycles. The number of fused-ring (bicyclic) bond motifs is 3. The molecule has 52 heavy (non-hydrogen) atoms. The van der Waals surface area contributed by atoms with Crippen LogP contribution in [0.4, 0.5) is 21.2 Å². The lowest BCUT2D eigenvalue weighted by Crippen LogP contribution is -2.45. The van der Waals surface area contributed by atoms with Crippen molar-refractivity contribution in [1.29, 1.82) is 0 Å². The molecule has 3 amide bonds. The molecule has 0 aliphatic carbocycles. The monoisotopic (exact) mass is 785 g/mol. The van der Waals surface area contributed by atoms with Gasteiger partial charge in [0, 0.05) is 40.3 Å². The van der Waals surface area contributed by atoms with E-state index in [1.54, 1.807) is 27.8 Å². The van der Waals surface area contributed by atoms with Crippen LogP contribution in [0.25, 0.3) is 0 Å². The molecule has 3 aliphatic heterocycles. The summed E-state index contributed by atoms with van der Waals surface area (Å²) < 4.78 is 29.7. The van der Waals surface area contributed by atoms with Gasteiger partial charge in [0.15, 0.2) is 12.2 Å². The summed E-state index contributed by atoms with van der Waals surface area (Å²) in [6.45, 7) is 5.36. The van der Waals surface area contributed by atoms with E-state index >= 15 is 4.11 Å². The Labute approximate surface area is 312 Å². The van der Waals surface area contributed by atoms with E-state index in [0.717, 1.165) is 15.6 Å². The van der Waals surface area contributed by atoms with Crippen molar-refractivity contribution in [3.8, 4) is 5.75 Å². The zero-order chi connectivity index (χ0) is 36.8. The van der Waals surface area contributed by atoms with Gasteiger partial charge < -0.3 is 28.5 Å². The second-order valence-electron chi connectivity index (χ2n) is 14.2. The first-order valence-corrected chi connectivity index (χ1v) is 21.2. The van der Waals surface area contributed by atoms with E-state index in [-0.39, 0.29) is 57.0 Å². The number of ether oxygens (including phenoxy) is 2. The molecule has 4 atom stereocenters. The maximum absolute atomic E-state index is 16.5. The molecule has 4 aromatic carbocycles. The van der Waals surface area contributed by atoms with Crippen molar-refractivity contribution in [3.05, 3.63) is 118 Å². The van der Waals surface area contributed by atoms with Gasteiger partial charge in [0.2, 0.25) is 14.3 Å². The fourth-order valence-corrected chi connectivity index (χ4v) is 11.1. The smallest absolute Gasteiger partial charge is 0.269 e. The van der Waals surface area contributed by atoms with Crippen LogP contribution in [0.15, 0.2) is 102 Å². The van der Waals surface area contributed by atoms with Crippen LogP contribution >= 0.6 is 15.9 Å². The molecule has 3 heterocycles. The zero-order valence-electron chi connectivity index (χ0n) is 29.3. The normalized spacial score (nSPS) is 22.4. The summed E-state index contributed by atoms with van der Waals surface area (Å²) >= 11 is 3.59. The van der Waals surface area contributed by atoms with Crippen LogP contribution in [-0.2, 0) is 37.8 Å². The Hall–Kier alpha value is -4.36. The molecule has 0 radical (unpaired) electrons. The van der Waals surface area contributed by atoms with Crippen molar-refractivity contribution in [2.45, 2.75) is 56.8 Å². The van der Waals surface area contributed by atoms with E-state index in [4.69, 9.17) is 9.47 Å². The number of anilines is 3. The first-order chi connectivity index (χ1) is 24.9. The van der Waals surface area contributed by atoms with E-state index in [1.165, 1.54) is 0 Å². The van der Waals surface area contributed by atoms with Gasteiger partial charge in [-0.15, -0.1) is 0 Å². The van der Waals surface area contributed by atoms with E-state index in [0.29, 0.717) is 28.4 Å². The zero-order valence-corrected chi connectivity index (χ0v) is 31.9. The molecule has 1 saturated heterocycles. The first kappa shape index (κ1) is 36.0. The number of halogens is 2. The molecule has 3 aliphatic rings. The van der Waals surface area contributed by atoms with Gasteiger partial charge in [0.25, 0.3) is 11.8 Å². The van der Waals surface area contributed by atoms with E-state index in [2.05, 4.69) is 15.9 Å². The van der Waals surface area contributed by atoms with Crippen LogP contribution in [0.3, 0.4) is 0 Å². The number of nitrogens with zero attached hydrogens (tertiary/aromatic N) is 3. The minimum absolute atomic E-state index is 0.0884. The number of hydrogen-bond acceptors (Lipinski definition) is 6. The summed E-state index contributed by atoms with van der Waals surface area (Å²) in [5, 5.41) is 9.83. The molecule has 1 spiro atoms. The van der Waals surface area contributed by atoms with E-state index in [1.807, 2.05) is 104 Å². The Bertz CT molecular complexity index is 2010. The van der Waals surface area contributed by atoms with Crippen LogP contribution in [0.5, 0.6) is 5.75 Å². The van der Waals surface area contributed by atoms with Crippen molar-refractivity contribution in [1.82, 2.24) is 4.90 Å². The van der Waals surface area contributed by atoms with Crippen molar-refractivity contribution in [3.63, 3.8) is 0 Å². The van der Waals surface area contributed by atoms with Crippen molar-refractivity contribution in [2.75, 3.05) is 29.6 Å². The van der Waals surface area contributed by atoms with Gasteiger partial charge in [-0.3, -0.25) is 19.3 Å². The Kier molecular flexibility index (Phi) is 9.85. The third-order valence-electron chi connectivity index (χ3n) is 10.5. The molecule has 12 heteroatoms. The van der Waals surface area contributed by atoms with Crippen molar-refractivity contribution in [2.24, 2.45) is 5.92 Å². The van der Waals surface area contributed by atoms with Gasteiger partial charge in [-0.1, -0.05) is 77.5 Å². The van der Waals surface area contributed by atoms with Crippen LogP contribution in [0.2, 0.25) is 18.6 Å². The Balaban J connectivity index is 1.21. The molecule has 0 aromatic heterocycles. The highest BCUT2D eigenvalue weighted by Crippen LogP contribution is 2.60. The third-order valence-corrected chi connectivity index (χ3v) is 13.4. The molecule has 1 fully saturated rings. The van der Waals surface area contributed by atoms with Gasteiger partial charge in [0.05, 0.1) is 37.1 Å². The largest absolute Gasteiger partial charge is 0.482 e. The highest BCUT2D eigenvalue weighted by atomic mass is 79.9. The number of benzene rings is 4. The summed E-state index contributed by atoms with van der Waals surface area (Å²) in [5.74, 6) is -0.778. The highest BCUT2D eigenvalue weighted by molar-refractivity contribution is 9.10. The lowest BCUT2D eigenvalue weighted by atomic mass is 9.82. The minimum Gasteiger partial charge on any atom is -0.482 e. The lowest BCUT2D eigenvalue weighted by Gasteiger charge is -2.31. The quantitative estimate of drug-likeness (QED) is 0.135. The number of carbonyl (C=O) groups is 3. The van der Waals surface area contributed by atoms with E-state index in [9.17, 15) is 19.5 Å². The Morgan fingerprint density at radius 3 is 2.46 bits per heavy atom. The van der Waals surface area contributed by atoms with Crippen LogP contribution in [0.1, 0.15) is 30.0 Å².